The van der Waals surface area contributed by atoms with E-state index in [0.29, 0.717) is 12.3 Å². The summed E-state index contributed by atoms with van der Waals surface area (Å²) in [6.07, 6.45) is 2.04. The molecule has 4 rings (SSSR count). The van der Waals surface area contributed by atoms with Gasteiger partial charge in [-0.2, -0.15) is 0 Å². The van der Waals surface area contributed by atoms with Gasteiger partial charge in [0, 0.05) is 24.5 Å². The molecular weight excluding hydrogens is 358 g/mol. The second-order valence-corrected chi connectivity index (χ2v) is 8.63. The normalized spacial score (nSPS) is 22.4. The van der Waals surface area contributed by atoms with E-state index in [0.717, 1.165) is 35.3 Å². The standard InChI is InChI=1S/C21H25N3O2S/c1-13-6-7-18-17(9-13)14(2)10-19(22-18)27-12-20(25)24-11-16-5-4-8-23(16)21(26)15(24)3/h6-7,9-10,15-16H,4-5,8,11-12H2,1-3H3/t15-,16+/m0/s1. The number of carbonyl (C=O) groups excluding carboxylic acids is 2. The van der Waals surface area contributed by atoms with Crippen LogP contribution >= 0.6 is 11.8 Å². The number of hydrogen-bond donors (Lipinski definition) is 0. The molecule has 2 atom stereocenters. The van der Waals surface area contributed by atoms with Crippen LogP contribution in [-0.4, -0.2) is 57.5 Å². The highest BCUT2D eigenvalue weighted by molar-refractivity contribution is 7.99. The lowest BCUT2D eigenvalue weighted by molar-refractivity contribution is -0.151. The molecule has 27 heavy (non-hydrogen) atoms. The van der Waals surface area contributed by atoms with Gasteiger partial charge in [0.25, 0.3) is 0 Å². The second kappa shape index (κ2) is 7.15. The fourth-order valence-electron chi connectivity index (χ4n) is 4.16. The molecule has 0 spiro atoms. The summed E-state index contributed by atoms with van der Waals surface area (Å²) in [5.41, 5.74) is 3.34. The van der Waals surface area contributed by atoms with Crippen molar-refractivity contribution in [2.24, 2.45) is 0 Å². The van der Waals surface area contributed by atoms with Crippen LogP contribution in [0.4, 0.5) is 0 Å². The lowest BCUT2D eigenvalue weighted by Crippen LogP contribution is -2.60. The number of hydrogen-bond acceptors (Lipinski definition) is 4. The van der Waals surface area contributed by atoms with Gasteiger partial charge in [-0.05, 0) is 57.4 Å². The Kier molecular flexibility index (Phi) is 4.84. The highest BCUT2D eigenvalue weighted by Crippen LogP contribution is 2.28. The molecule has 1 aromatic heterocycles. The van der Waals surface area contributed by atoms with Crippen molar-refractivity contribution in [1.82, 2.24) is 14.8 Å². The van der Waals surface area contributed by atoms with Gasteiger partial charge in [0.15, 0.2) is 0 Å². The molecule has 0 unspecified atom stereocenters. The number of pyridine rings is 1. The molecule has 2 aliphatic heterocycles. The van der Waals surface area contributed by atoms with Gasteiger partial charge in [-0.25, -0.2) is 4.98 Å². The van der Waals surface area contributed by atoms with E-state index in [1.165, 1.54) is 22.9 Å². The minimum Gasteiger partial charge on any atom is -0.336 e. The number of amides is 2. The minimum absolute atomic E-state index is 0.0239. The van der Waals surface area contributed by atoms with Crippen molar-refractivity contribution in [2.45, 2.75) is 50.7 Å². The summed E-state index contributed by atoms with van der Waals surface area (Å²) < 4.78 is 0. The average molecular weight is 384 g/mol. The Bertz CT molecular complexity index is 914. The summed E-state index contributed by atoms with van der Waals surface area (Å²) in [5.74, 6) is 0.432. The number of aryl methyl sites for hydroxylation is 2. The summed E-state index contributed by atoms with van der Waals surface area (Å²) in [6.45, 7) is 7.50. The molecule has 2 aliphatic rings. The fourth-order valence-corrected chi connectivity index (χ4v) is 5.02. The number of fused-ring (bicyclic) bond motifs is 2. The minimum atomic E-state index is -0.360. The van der Waals surface area contributed by atoms with Crippen molar-refractivity contribution in [3.8, 4) is 0 Å². The maximum atomic E-state index is 12.8. The Morgan fingerprint density at radius 1 is 1.30 bits per heavy atom. The lowest BCUT2D eigenvalue weighted by Gasteiger charge is -2.41. The van der Waals surface area contributed by atoms with Crippen LogP contribution in [0.1, 0.15) is 30.9 Å². The van der Waals surface area contributed by atoms with E-state index in [-0.39, 0.29) is 23.9 Å². The largest absolute Gasteiger partial charge is 0.336 e. The lowest BCUT2D eigenvalue weighted by atomic mass is 10.1. The topological polar surface area (TPSA) is 53.5 Å². The molecule has 2 fully saturated rings. The molecule has 3 heterocycles. The van der Waals surface area contributed by atoms with Crippen LogP contribution in [0.15, 0.2) is 29.3 Å². The maximum absolute atomic E-state index is 12.8. The molecule has 6 heteroatoms. The molecule has 5 nitrogen and oxygen atoms in total. The van der Waals surface area contributed by atoms with Crippen molar-refractivity contribution < 1.29 is 9.59 Å². The summed E-state index contributed by atoms with van der Waals surface area (Å²) in [5, 5.41) is 2.01. The van der Waals surface area contributed by atoms with Crippen molar-refractivity contribution in [1.29, 1.82) is 0 Å². The fraction of sp³-hybridized carbons (Fsp3) is 0.476. The van der Waals surface area contributed by atoms with Crippen LogP contribution in [-0.2, 0) is 9.59 Å². The third kappa shape index (κ3) is 3.43. The number of rotatable bonds is 3. The quantitative estimate of drug-likeness (QED) is 0.764. The highest BCUT2D eigenvalue weighted by atomic mass is 32.2. The van der Waals surface area contributed by atoms with Crippen LogP contribution < -0.4 is 0 Å². The van der Waals surface area contributed by atoms with Crippen LogP contribution in [0.5, 0.6) is 0 Å². The molecule has 2 amide bonds. The number of piperazine rings is 1. The van der Waals surface area contributed by atoms with Crippen LogP contribution in [0.25, 0.3) is 10.9 Å². The van der Waals surface area contributed by atoms with Gasteiger partial charge in [0.1, 0.15) is 6.04 Å². The number of aromatic nitrogens is 1. The van der Waals surface area contributed by atoms with Gasteiger partial charge in [0.05, 0.1) is 16.3 Å². The molecule has 1 aromatic carbocycles. The van der Waals surface area contributed by atoms with E-state index in [9.17, 15) is 9.59 Å². The van der Waals surface area contributed by atoms with Crippen molar-refractivity contribution in [3.05, 3.63) is 35.4 Å². The molecule has 0 bridgehead atoms. The van der Waals surface area contributed by atoms with Gasteiger partial charge < -0.3 is 9.80 Å². The van der Waals surface area contributed by atoms with Gasteiger partial charge in [-0.15, -0.1) is 0 Å². The third-order valence-electron chi connectivity index (χ3n) is 5.70. The number of carbonyl (C=O) groups is 2. The first-order valence-electron chi connectivity index (χ1n) is 9.55. The molecule has 0 saturated carbocycles. The molecule has 2 saturated heterocycles. The van der Waals surface area contributed by atoms with Crippen molar-refractivity contribution in [2.75, 3.05) is 18.8 Å². The summed E-state index contributed by atoms with van der Waals surface area (Å²) >= 11 is 1.46. The van der Waals surface area contributed by atoms with E-state index in [4.69, 9.17) is 4.98 Å². The Hall–Kier alpha value is -2.08. The second-order valence-electron chi connectivity index (χ2n) is 7.64. The first-order chi connectivity index (χ1) is 12.9. The molecular formula is C21H25N3O2S. The van der Waals surface area contributed by atoms with E-state index < -0.39 is 0 Å². The van der Waals surface area contributed by atoms with Gasteiger partial charge in [-0.3, -0.25) is 9.59 Å². The Balaban J connectivity index is 1.47. The zero-order chi connectivity index (χ0) is 19.1. The zero-order valence-corrected chi connectivity index (χ0v) is 16.9. The smallest absolute Gasteiger partial charge is 0.245 e. The zero-order valence-electron chi connectivity index (χ0n) is 16.1. The van der Waals surface area contributed by atoms with Gasteiger partial charge in [-0.1, -0.05) is 23.4 Å². The van der Waals surface area contributed by atoms with Gasteiger partial charge in [0.2, 0.25) is 11.8 Å². The molecule has 0 aliphatic carbocycles. The Labute approximate surface area is 164 Å². The summed E-state index contributed by atoms with van der Waals surface area (Å²) in [6, 6.07) is 8.12. The predicted octanol–water partition coefficient (Wildman–Crippen LogP) is 3.17. The third-order valence-corrected chi connectivity index (χ3v) is 6.60. The van der Waals surface area contributed by atoms with Crippen LogP contribution in [0, 0.1) is 13.8 Å². The van der Waals surface area contributed by atoms with Crippen molar-refractivity contribution in [3.63, 3.8) is 0 Å². The first kappa shape index (κ1) is 18.3. The van der Waals surface area contributed by atoms with Crippen molar-refractivity contribution >= 4 is 34.5 Å². The van der Waals surface area contributed by atoms with E-state index >= 15 is 0 Å². The van der Waals surface area contributed by atoms with Crippen LogP contribution in [0.2, 0.25) is 0 Å². The molecule has 142 valence electrons. The SMILES string of the molecule is Cc1ccc2nc(SCC(=O)N3C[C@H]4CCCN4C(=O)[C@@H]3C)cc(C)c2c1. The maximum Gasteiger partial charge on any atom is 0.245 e. The monoisotopic (exact) mass is 383 g/mol. The van der Waals surface area contributed by atoms with Gasteiger partial charge >= 0.3 is 0 Å². The summed E-state index contributed by atoms with van der Waals surface area (Å²) in [7, 11) is 0. The average Bonchev–Trinajstić information content (AvgIpc) is 3.12. The number of thioether (sulfide) groups is 1. The predicted molar refractivity (Wildman–Crippen MR) is 108 cm³/mol. The molecule has 0 radical (unpaired) electrons. The van der Waals surface area contributed by atoms with E-state index in [1.807, 2.05) is 24.0 Å². The van der Waals surface area contributed by atoms with E-state index in [2.05, 4.69) is 26.0 Å². The number of nitrogens with zero attached hydrogens (tertiary/aromatic N) is 3. The van der Waals surface area contributed by atoms with E-state index in [1.54, 1.807) is 4.90 Å². The molecule has 0 N–H and O–H groups in total. The summed E-state index contributed by atoms with van der Waals surface area (Å²) in [4.78, 5) is 33.8. The number of benzene rings is 1. The Morgan fingerprint density at radius 2 is 2.11 bits per heavy atom. The molecule has 2 aromatic rings. The Morgan fingerprint density at radius 3 is 2.93 bits per heavy atom. The van der Waals surface area contributed by atoms with Crippen LogP contribution in [0.3, 0.4) is 0 Å². The highest BCUT2D eigenvalue weighted by Gasteiger charge is 2.41. The first-order valence-corrected chi connectivity index (χ1v) is 10.5.